The van der Waals surface area contributed by atoms with Crippen molar-refractivity contribution in [2.45, 2.75) is 23.8 Å². The molecule has 0 fully saturated rings. The molecule has 0 unspecified atom stereocenters. The summed E-state index contributed by atoms with van der Waals surface area (Å²) in [6, 6.07) is 20.3. The summed E-state index contributed by atoms with van der Waals surface area (Å²) in [7, 11) is -4.06. The van der Waals surface area contributed by atoms with Crippen LogP contribution in [0, 0.1) is 0 Å². The number of aliphatic carboxylic acids is 1. The van der Waals surface area contributed by atoms with Crippen LogP contribution in [0.25, 0.3) is 11.1 Å². The van der Waals surface area contributed by atoms with Crippen molar-refractivity contribution >= 4 is 21.9 Å². The second-order valence-corrected chi connectivity index (χ2v) is 9.03. The zero-order valence-electron chi connectivity index (χ0n) is 17.6. The van der Waals surface area contributed by atoms with E-state index in [2.05, 4.69) is 10.0 Å². The minimum atomic E-state index is -4.06. The Labute approximate surface area is 192 Å². The SMILES string of the molecule is O=C(NCCC[C@H](NS(=O)(=O)c1ccc(-c2ccccc2)cc1)C(=O)O)c1ccccc1O. The van der Waals surface area contributed by atoms with Crippen LogP contribution in [0.3, 0.4) is 0 Å². The molecule has 1 atom stereocenters. The Kier molecular flexibility index (Phi) is 7.81. The molecular weight excluding hydrogens is 444 g/mol. The molecule has 0 aliphatic carbocycles. The van der Waals surface area contributed by atoms with Gasteiger partial charge in [0.05, 0.1) is 10.5 Å². The summed E-state index contributed by atoms with van der Waals surface area (Å²) in [4.78, 5) is 23.6. The van der Waals surface area contributed by atoms with Crippen LogP contribution in [-0.2, 0) is 14.8 Å². The van der Waals surface area contributed by atoms with E-state index in [0.717, 1.165) is 11.1 Å². The molecule has 0 bridgehead atoms. The number of nitrogens with one attached hydrogen (secondary N) is 2. The molecule has 0 heterocycles. The van der Waals surface area contributed by atoms with Crippen LogP contribution in [0.4, 0.5) is 0 Å². The third kappa shape index (κ3) is 6.41. The minimum Gasteiger partial charge on any atom is -0.507 e. The van der Waals surface area contributed by atoms with Gasteiger partial charge < -0.3 is 15.5 Å². The van der Waals surface area contributed by atoms with Gasteiger partial charge in [0.25, 0.3) is 5.91 Å². The molecule has 0 saturated heterocycles. The Morgan fingerprint density at radius 1 is 0.848 bits per heavy atom. The number of phenols is 1. The van der Waals surface area contributed by atoms with Gasteiger partial charge in [-0.3, -0.25) is 9.59 Å². The molecular formula is C24H24N2O6S. The molecule has 3 aromatic carbocycles. The Hall–Kier alpha value is -3.69. The van der Waals surface area contributed by atoms with Crippen LogP contribution in [0.2, 0.25) is 0 Å². The van der Waals surface area contributed by atoms with Crippen molar-refractivity contribution in [1.29, 1.82) is 0 Å². The van der Waals surface area contributed by atoms with Crippen molar-refractivity contribution in [1.82, 2.24) is 10.0 Å². The average Bonchev–Trinajstić information content (AvgIpc) is 2.81. The smallest absolute Gasteiger partial charge is 0.321 e. The highest BCUT2D eigenvalue weighted by Crippen LogP contribution is 2.21. The van der Waals surface area contributed by atoms with E-state index in [1.807, 2.05) is 30.3 Å². The Balaban J connectivity index is 1.58. The summed E-state index contributed by atoms with van der Waals surface area (Å²) in [5.74, 6) is -1.98. The average molecular weight is 469 g/mol. The minimum absolute atomic E-state index is 0.0300. The van der Waals surface area contributed by atoms with Gasteiger partial charge in [-0.25, -0.2) is 8.42 Å². The number of carbonyl (C=O) groups excluding carboxylic acids is 1. The predicted octanol–water partition coefficient (Wildman–Crippen LogP) is 3.00. The zero-order valence-corrected chi connectivity index (χ0v) is 18.5. The number of carboxylic acid groups (broad SMARTS) is 1. The van der Waals surface area contributed by atoms with Crippen molar-refractivity contribution in [2.24, 2.45) is 0 Å². The number of benzene rings is 3. The second-order valence-electron chi connectivity index (χ2n) is 7.32. The molecule has 0 aliphatic heterocycles. The van der Waals surface area contributed by atoms with Crippen LogP contribution in [0.5, 0.6) is 5.75 Å². The molecule has 8 nitrogen and oxygen atoms in total. The van der Waals surface area contributed by atoms with Gasteiger partial charge in [0.2, 0.25) is 10.0 Å². The van der Waals surface area contributed by atoms with Crippen LogP contribution in [-0.4, -0.2) is 43.1 Å². The third-order valence-corrected chi connectivity index (χ3v) is 6.46. The molecule has 3 rings (SSSR count). The lowest BCUT2D eigenvalue weighted by atomic mass is 10.1. The number of hydrogen-bond donors (Lipinski definition) is 4. The lowest BCUT2D eigenvalue weighted by Gasteiger charge is -2.15. The largest absolute Gasteiger partial charge is 0.507 e. The highest BCUT2D eigenvalue weighted by molar-refractivity contribution is 7.89. The second kappa shape index (κ2) is 10.8. The van der Waals surface area contributed by atoms with Crippen LogP contribution < -0.4 is 10.0 Å². The van der Waals surface area contributed by atoms with Crippen LogP contribution >= 0.6 is 0 Å². The number of amides is 1. The Morgan fingerprint density at radius 3 is 2.09 bits per heavy atom. The third-order valence-electron chi connectivity index (χ3n) is 4.97. The molecule has 33 heavy (non-hydrogen) atoms. The van der Waals surface area contributed by atoms with Gasteiger partial charge in [-0.2, -0.15) is 4.72 Å². The standard InChI is InChI=1S/C24H24N2O6S/c27-22-11-5-4-9-20(22)23(28)25-16-6-10-21(24(29)30)26-33(31,32)19-14-12-18(13-15-19)17-7-2-1-3-8-17/h1-5,7-9,11-15,21,26-27H,6,10,16H2,(H,25,28)(H,29,30)/t21-/m0/s1. The number of carboxylic acids is 1. The molecule has 0 aromatic heterocycles. The van der Waals surface area contributed by atoms with E-state index in [-0.39, 0.29) is 35.6 Å². The molecule has 9 heteroatoms. The van der Waals surface area contributed by atoms with E-state index in [1.165, 1.54) is 24.3 Å². The molecule has 0 aliphatic rings. The zero-order chi connectivity index (χ0) is 23.8. The van der Waals surface area contributed by atoms with Gasteiger partial charge in [-0.1, -0.05) is 54.6 Å². The number of carbonyl (C=O) groups is 2. The number of aromatic hydroxyl groups is 1. The highest BCUT2D eigenvalue weighted by atomic mass is 32.2. The van der Waals surface area contributed by atoms with Crippen molar-refractivity contribution < 1.29 is 28.2 Å². The predicted molar refractivity (Wildman–Crippen MR) is 123 cm³/mol. The summed E-state index contributed by atoms with van der Waals surface area (Å²) in [5.41, 5.74) is 1.88. The first-order valence-corrected chi connectivity index (χ1v) is 11.7. The topological polar surface area (TPSA) is 133 Å². The van der Waals surface area contributed by atoms with Crippen LogP contribution in [0.15, 0.2) is 83.8 Å². The maximum absolute atomic E-state index is 12.7. The summed E-state index contributed by atoms with van der Waals surface area (Å²) in [5, 5.41) is 21.7. The van der Waals surface area contributed by atoms with E-state index in [4.69, 9.17) is 0 Å². The lowest BCUT2D eigenvalue weighted by molar-refractivity contribution is -0.139. The van der Waals surface area contributed by atoms with E-state index >= 15 is 0 Å². The molecule has 172 valence electrons. The van der Waals surface area contributed by atoms with E-state index < -0.39 is 27.9 Å². The fourth-order valence-electron chi connectivity index (χ4n) is 3.21. The van der Waals surface area contributed by atoms with Crippen LogP contribution in [0.1, 0.15) is 23.2 Å². The van der Waals surface area contributed by atoms with Gasteiger partial charge in [-0.15, -0.1) is 0 Å². The van der Waals surface area contributed by atoms with E-state index in [9.17, 15) is 28.2 Å². The number of sulfonamides is 1. The molecule has 3 aromatic rings. The first-order chi connectivity index (χ1) is 15.8. The number of hydrogen-bond acceptors (Lipinski definition) is 5. The van der Waals surface area contributed by atoms with E-state index in [0.29, 0.717) is 0 Å². The molecule has 1 amide bonds. The summed E-state index contributed by atoms with van der Waals surface area (Å²) < 4.78 is 27.6. The molecule has 0 saturated carbocycles. The van der Waals surface area contributed by atoms with Gasteiger partial charge >= 0.3 is 5.97 Å². The van der Waals surface area contributed by atoms with Crippen molar-refractivity contribution in [2.75, 3.05) is 6.54 Å². The van der Waals surface area contributed by atoms with Gasteiger partial charge in [0, 0.05) is 6.54 Å². The fraction of sp³-hybridized carbons (Fsp3) is 0.167. The lowest BCUT2D eigenvalue weighted by Crippen LogP contribution is -2.41. The molecule has 0 radical (unpaired) electrons. The van der Waals surface area contributed by atoms with Crippen molar-refractivity contribution in [3.05, 3.63) is 84.4 Å². The summed E-state index contributed by atoms with van der Waals surface area (Å²) in [6.07, 6.45) is 0.184. The first-order valence-electron chi connectivity index (χ1n) is 10.2. The monoisotopic (exact) mass is 468 g/mol. The summed E-state index contributed by atoms with van der Waals surface area (Å²) >= 11 is 0. The van der Waals surface area contributed by atoms with Gasteiger partial charge in [0.1, 0.15) is 11.8 Å². The highest BCUT2D eigenvalue weighted by Gasteiger charge is 2.25. The fourth-order valence-corrected chi connectivity index (χ4v) is 4.44. The Morgan fingerprint density at radius 2 is 1.45 bits per heavy atom. The Bertz CT molecular complexity index is 1210. The maximum Gasteiger partial charge on any atom is 0.321 e. The van der Waals surface area contributed by atoms with Gasteiger partial charge in [-0.05, 0) is 48.2 Å². The normalized spacial score (nSPS) is 12.1. The number of phenolic OH excluding ortho intramolecular Hbond substituents is 1. The van der Waals surface area contributed by atoms with E-state index in [1.54, 1.807) is 24.3 Å². The summed E-state index contributed by atoms with van der Waals surface area (Å²) in [6.45, 7) is 0.116. The first kappa shape index (κ1) is 24.0. The number of para-hydroxylation sites is 1. The molecule has 0 spiro atoms. The van der Waals surface area contributed by atoms with Crippen molar-refractivity contribution in [3.8, 4) is 16.9 Å². The molecule has 4 N–H and O–H groups in total. The quantitative estimate of drug-likeness (QED) is 0.338. The van der Waals surface area contributed by atoms with Gasteiger partial charge in [0.15, 0.2) is 0 Å². The van der Waals surface area contributed by atoms with Crippen molar-refractivity contribution in [3.63, 3.8) is 0 Å². The number of rotatable bonds is 10. The maximum atomic E-state index is 12.7.